The fraction of sp³-hybridized carbons (Fsp3) is 0.750. The number of piperidine rings is 1. The number of aromatic nitrogens is 2. The van der Waals surface area contributed by atoms with E-state index in [0.717, 1.165) is 19.0 Å². The van der Waals surface area contributed by atoms with E-state index in [9.17, 15) is 0 Å². The number of aryl methyl sites for hydroxylation is 2. The summed E-state index contributed by atoms with van der Waals surface area (Å²) in [7, 11) is 0. The van der Waals surface area contributed by atoms with Crippen LogP contribution in [0.2, 0.25) is 0 Å². The van der Waals surface area contributed by atoms with Crippen LogP contribution in [0, 0.1) is 0 Å². The van der Waals surface area contributed by atoms with Crippen LogP contribution in [0.4, 0.5) is 0 Å². The number of nitrogens with one attached hydrogen (secondary N) is 1. The topological polar surface area (TPSA) is 29.9 Å². The molecule has 0 aliphatic carbocycles. The van der Waals surface area contributed by atoms with Crippen LogP contribution in [0.5, 0.6) is 0 Å². The molecule has 0 spiro atoms. The Morgan fingerprint density at radius 1 is 1.53 bits per heavy atom. The summed E-state index contributed by atoms with van der Waals surface area (Å²) < 4.78 is 2.29. The standard InChI is InChI=1S/C12H21N3/c1-2-12-14-8-10-15(12)9-6-11-5-3-4-7-13-11/h8,10-11,13H,2-7,9H2,1H3/t11-/m0/s1. The quantitative estimate of drug-likeness (QED) is 0.818. The number of nitrogens with zero attached hydrogens (tertiary/aromatic N) is 2. The molecular weight excluding hydrogens is 186 g/mol. The van der Waals surface area contributed by atoms with Gasteiger partial charge in [-0.3, -0.25) is 0 Å². The van der Waals surface area contributed by atoms with Gasteiger partial charge in [0.25, 0.3) is 0 Å². The molecule has 1 fully saturated rings. The lowest BCUT2D eigenvalue weighted by Gasteiger charge is -2.23. The summed E-state index contributed by atoms with van der Waals surface area (Å²) in [5.41, 5.74) is 0. The van der Waals surface area contributed by atoms with Crippen molar-refractivity contribution >= 4 is 0 Å². The third-order valence-electron chi connectivity index (χ3n) is 3.25. The predicted octanol–water partition coefficient (Wildman–Crippen LogP) is 1.98. The predicted molar refractivity (Wildman–Crippen MR) is 61.9 cm³/mol. The van der Waals surface area contributed by atoms with Gasteiger partial charge in [0.1, 0.15) is 5.82 Å². The van der Waals surface area contributed by atoms with Crippen LogP contribution in [-0.4, -0.2) is 22.1 Å². The molecule has 2 rings (SSSR count). The average molecular weight is 207 g/mol. The van der Waals surface area contributed by atoms with Gasteiger partial charge in [-0.2, -0.15) is 0 Å². The van der Waals surface area contributed by atoms with E-state index < -0.39 is 0 Å². The first-order valence-electron chi connectivity index (χ1n) is 6.13. The number of rotatable bonds is 4. The Labute approximate surface area is 91.9 Å². The van der Waals surface area contributed by atoms with Crippen LogP contribution in [0.1, 0.15) is 38.4 Å². The molecule has 1 N–H and O–H groups in total. The Morgan fingerprint density at radius 3 is 3.20 bits per heavy atom. The van der Waals surface area contributed by atoms with Gasteiger partial charge in [0.2, 0.25) is 0 Å². The molecular formula is C12H21N3. The van der Waals surface area contributed by atoms with E-state index in [-0.39, 0.29) is 0 Å². The third-order valence-corrected chi connectivity index (χ3v) is 3.25. The summed E-state index contributed by atoms with van der Waals surface area (Å²) in [6, 6.07) is 0.728. The van der Waals surface area contributed by atoms with Crippen LogP contribution < -0.4 is 5.32 Å². The van der Waals surface area contributed by atoms with Crippen molar-refractivity contribution in [3.8, 4) is 0 Å². The molecule has 1 aromatic heterocycles. The van der Waals surface area contributed by atoms with Crippen molar-refractivity contribution < 1.29 is 0 Å². The maximum Gasteiger partial charge on any atom is 0.108 e. The van der Waals surface area contributed by atoms with Crippen LogP contribution in [0.25, 0.3) is 0 Å². The molecule has 0 radical (unpaired) electrons. The van der Waals surface area contributed by atoms with Gasteiger partial charge in [0.05, 0.1) is 0 Å². The van der Waals surface area contributed by atoms with E-state index in [1.165, 1.54) is 38.1 Å². The van der Waals surface area contributed by atoms with E-state index in [0.29, 0.717) is 0 Å². The van der Waals surface area contributed by atoms with Gasteiger partial charge in [-0.05, 0) is 25.8 Å². The molecule has 1 saturated heterocycles. The van der Waals surface area contributed by atoms with Crippen molar-refractivity contribution in [1.82, 2.24) is 14.9 Å². The molecule has 0 amide bonds. The Bertz CT molecular complexity index is 287. The van der Waals surface area contributed by atoms with Crippen molar-refractivity contribution in [2.45, 2.75) is 51.6 Å². The van der Waals surface area contributed by atoms with Crippen molar-refractivity contribution in [2.75, 3.05) is 6.54 Å². The molecule has 2 heterocycles. The van der Waals surface area contributed by atoms with Crippen molar-refractivity contribution in [3.05, 3.63) is 18.2 Å². The van der Waals surface area contributed by atoms with Gasteiger partial charge >= 0.3 is 0 Å². The van der Waals surface area contributed by atoms with Crippen molar-refractivity contribution in [1.29, 1.82) is 0 Å². The molecule has 0 saturated carbocycles. The van der Waals surface area contributed by atoms with Crippen molar-refractivity contribution in [2.24, 2.45) is 0 Å². The molecule has 0 bridgehead atoms. The maximum atomic E-state index is 4.34. The van der Waals surface area contributed by atoms with Crippen LogP contribution in [0.3, 0.4) is 0 Å². The second-order valence-electron chi connectivity index (χ2n) is 4.33. The van der Waals surface area contributed by atoms with E-state index in [2.05, 4.69) is 28.0 Å². The highest BCUT2D eigenvalue weighted by Gasteiger charge is 2.12. The largest absolute Gasteiger partial charge is 0.335 e. The van der Waals surface area contributed by atoms with Gasteiger partial charge in [0, 0.05) is 31.4 Å². The summed E-state index contributed by atoms with van der Waals surface area (Å²) in [6.07, 6.45) is 10.4. The first-order chi connectivity index (χ1) is 7.40. The number of imidazole rings is 1. The molecule has 0 unspecified atom stereocenters. The maximum absolute atomic E-state index is 4.34. The number of hydrogen-bond acceptors (Lipinski definition) is 2. The highest BCUT2D eigenvalue weighted by atomic mass is 15.1. The zero-order valence-corrected chi connectivity index (χ0v) is 9.58. The molecule has 3 heteroatoms. The Balaban J connectivity index is 1.81. The summed E-state index contributed by atoms with van der Waals surface area (Å²) in [4.78, 5) is 4.34. The second kappa shape index (κ2) is 5.31. The van der Waals surface area contributed by atoms with E-state index in [1.807, 2.05) is 6.20 Å². The average Bonchev–Trinajstić information content (AvgIpc) is 2.75. The molecule has 1 atom stereocenters. The molecule has 15 heavy (non-hydrogen) atoms. The molecule has 1 aromatic rings. The Morgan fingerprint density at radius 2 is 2.47 bits per heavy atom. The lowest BCUT2D eigenvalue weighted by atomic mass is 10.0. The highest BCUT2D eigenvalue weighted by Crippen LogP contribution is 2.11. The normalized spacial score (nSPS) is 21.8. The zero-order chi connectivity index (χ0) is 10.5. The molecule has 3 nitrogen and oxygen atoms in total. The van der Waals surface area contributed by atoms with Gasteiger partial charge in [0.15, 0.2) is 0 Å². The summed E-state index contributed by atoms with van der Waals surface area (Å²) in [6.45, 7) is 4.48. The molecule has 1 aliphatic heterocycles. The molecule has 84 valence electrons. The second-order valence-corrected chi connectivity index (χ2v) is 4.33. The third kappa shape index (κ3) is 2.81. The summed E-state index contributed by atoms with van der Waals surface area (Å²) in [5.74, 6) is 1.21. The highest BCUT2D eigenvalue weighted by molar-refractivity contribution is 4.91. The first-order valence-corrected chi connectivity index (χ1v) is 6.13. The minimum Gasteiger partial charge on any atom is -0.335 e. The minimum absolute atomic E-state index is 0.728. The smallest absolute Gasteiger partial charge is 0.108 e. The van der Waals surface area contributed by atoms with Gasteiger partial charge in [-0.15, -0.1) is 0 Å². The fourth-order valence-electron chi connectivity index (χ4n) is 2.32. The lowest BCUT2D eigenvalue weighted by molar-refractivity contribution is 0.365. The lowest BCUT2D eigenvalue weighted by Crippen LogP contribution is -2.34. The van der Waals surface area contributed by atoms with Crippen LogP contribution in [-0.2, 0) is 13.0 Å². The van der Waals surface area contributed by atoms with Crippen molar-refractivity contribution in [3.63, 3.8) is 0 Å². The Kier molecular flexibility index (Phi) is 3.78. The molecule has 1 aliphatic rings. The Hall–Kier alpha value is -0.830. The molecule has 0 aromatic carbocycles. The monoisotopic (exact) mass is 207 g/mol. The van der Waals surface area contributed by atoms with Gasteiger partial charge in [-0.25, -0.2) is 4.98 Å². The fourth-order valence-corrected chi connectivity index (χ4v) is 2.32. The van der Waals surface area contributed by atoms with Crippen LogP contribution >= 0.6 is 0 Å². The van der Waals surface area contributed by atoms with E-state index in [1.54, 1.807) is 0 Å². The van der Waals surface area contributed by atoms with E-state index in [4.69, 9.17) is 0 Å². The zero-order valence-electron chi connectivity index (χ0n) is 9.58. The summed E-state index contributed by atoms with van der Waals surface area (Å²) >= 11 is 0. The van der Waals surface area contributed by atoms with Crippen LogP contribution in [0.15, 0.2) is 12.4 Å². The van der Waals surface area contributed by atoms with Gasteiger partial charge in [-0.1, -0.05) is 13.3 Å². The summed E-state index contributed by atoms with van der Waals surface area (Å²) in [5, 5.41) is 3.59. The minimum atomic E-state index is 0.728. The van der Waals surface area contributed by atoms with E-state index >= 15 is 0 Å². The number of hydrogen-bond donors (Lipinski definition) is 1. The van der Waals surface area contributed by atoms with Gasteiger partial charge < -0.3 is 9.88 Å². The first kappa shape index (κ1) is 10.7. The SMILES string of the molecule is CCc1nccn1CC[C@@H]1CCCCN1.